The minimum Gasteiger partial charge on any atom is -0.485 e. The van der Waals surface area contributed by atoms with Crippen LogP contribution in [0.2, 0.25) is 0 Å². The Bertz CT molecular complexity index is 2300. The monoisotopic (exact) mass is 589 g/mol. The number of allylic oxidation sites excluding steroid dienone is 2. The largest absolute Gasteiger partial charge is 0.485 e. The Morgan fingerprint density at radius 2 is 1.07 bits per heavy atom. The average Bonchev–Trinajstić information content (AvgIpc) is 3.50. The van der Waals surface area contributed by atoms with Crippen LogP contribution in [0.25, 0.3) is 43.8 Å². The zero-order chi connectivity index (χ0) is 30.5. The second-order valence-electron chi connectivity index (χ2n) is 12.1. The molecule has 2 nitrogen and oxygen atoms in total. The Morgan fingerprint density at radius 1 is 0.478 bits per heavy atom. The molecule has 7 aromatic carbocycles. The fourth-order valence-corrected chi connectivity index (χ4v) is 7.14. The predicted octanol–water partition coefficient (Wildman–Crippen LogP) is 11.8. The molecule has 1 aliphatic carbocycles. The van der Waals surface area contributed by atoms with E-state index in [1.165, 1.54) is 54.9 Å². The molecular formula is C44H31NO. The number of ether oxygens (including phenoxy) is 1. The molecule has 1 heterocycles. The Morgan fingerprint density at radius 3 is 1.85 bits per heavy atom. The second-order valence-corrected chi connectivity index (χ2v) is 12.1. The number of hydrogen-bond acceptors (Lipinski definition) is 2. The van der Waals surface area contributed by atoms with E-state index in [4.69, 9.17) is 4.74 Å². The molecule has 0 saturated heterocycles. The van der Waals surface area contributed by atoms with Gasteiger partial charge in [-0.25, -0.2) is 0 Å². The second kappa shape index (κ2) is 10.9. The molecule has 7 aromatic rings. The van der Waals surface area contributed by atoms with Crippen LogP contribution in [0.5, 0.6) is 5.75 Å². The van der Waals surface area contributed by atoms with Crippen molar-refractivity contribution in [2.24, 2.45) is 0 Å². The Labute approximate surface area is 269 Å². The maximum atomic E-state index is 6.33. The van der Waals surface area contributed by atoms with Gasteiger partial charge in [-0.3, -0.25) is 0 Å². The smallest absolute Gasteiger partial charge is 0.128 e. The molecule has 9 rings (SSSR count). The quantitative estimate of drug-likeness (QED) is 0.198. The van der Waals surface area contributed by atoms with Crippen molar-refractivity contribution in [1.29, 1.82) is 0 Å². The first-order chi connectivity index (χ1) is 22.8. The van der Waals surface area contributed by atoms with Crippen LogP contribution in [0.1, 0.15) is 17.5 Å². The van der Waals surface area contributed by atoms with E-state index in [1.807, 2.05) is 6.07 Å². The van der Waals surface area contributed by atoms with Crippen molar-refractivity contribution in [3.05, 3.63) is 181 Å². The fraction of sp³-hybridized carbons (Fsp3) is 0.0455. The third-order valence-electron chi connectivity index (χ3n) is 9.41. The molecule has 2 aliphatic rings. The van der Waals surface area contributed by atoms with Gasteiger partial charge in [0.05, 0.1) is 5.69 Å². The van der Waals surface area contributed by atoms with E-state index in [0.29, 0.717) is 0 Å². The Balaban J connectivity index is 1.10. The van der Waals surface area contributed by atoms with Crippen molar-refractivity contribution in [1.82, 2.24) is 0 Å². The van der Waals surface area contributed by atoms with E-state index < -0.39 is 0 Å². The highest BCUT2D eigenvalue weighted by Crippen LogP contribution is 2.44. The first-order valence-corrected chi connectivity index (χ1v) is 15.9. The highest BCUT2D eigenvalue weighted by molar-refractivity contribution is 6.00. The summed E-state index contributed by atoms with van der Waals surface area (Å²) in [5.74, 6) is 0.987. The predicted molar refractivity (Wildman–Crippen MR) is 193 cm³/mol. The number of fused-ring (bicyclic) bond motifs is 5. The highest BCUT2D eigenvalue weighted by atomic mass is 16.5. The normalized spacial score (nSPS) is 15.1. The van der Waals surface area contributed by atoms with Crippen molar-refractivity contribution in [3.8, 4) is 16.9 Å². The molecule has 218 valence electrons. The van der Waals surface area contributed by atoms with E-state index in [-0.39, 0.29) is 6.10 Å². The molecule has 0 fully saturated rings. The summed E-state index contributed by atoms with van der Waals surface area (Å²) in [5.41, 5.74) is 10.9. The van der Waals surface area contributed by atoms with Crippen molar-refractivity contribution in [2.75, 3.05) is 4.90 Å². The summed E-state index contributed by atoms with van der Waals surface area (Å²) in [6.07, 6.45) is 5.44. The first-order valence-electron chi connectivity index (χ1n) is 15.9. The van der Waals surface area contributed by atoms with Gasteiger partial charge >= 0.3 is 0 Å². The summed E-state index contributed by atoms with van der Waals surface area (Å²) in [6.45, 7) is 0. The van der Waals surface area contributed by atoms with Crippen LogP contribution in [0.3, 0.4) is 0 Å². The van der Waals surface area contributed by atoms with Crippen LogP contribution >= 0.6 is 0 Å². The highest BCUT2D eigenvalue weighted by Gasteiger charge is 2.31. The maximum absolute atomic E-state index is 6.33. The molecule has 0 aromatic heterocycles. The summed E-state index contributed by atoms with van der Waals surface area (Å²) in [5, 5.41) is 4.97. The van der Waals surface area contributed by atoms with Crippen molar-refractivity contribution < 1.29 is 4.74 Å². The van der Waals surface area contributed by atoms with Crippen LogP contribution in [-0.4, -0.2) is 6.10 Å². The molecule has 1 unspecified atom stereocenters. The zero-order valence-corrected chi connectivity index (χ0v) is 25.3. The van der Waals surface area contributed by atoms with Gasteiger partial charge in [0.2, 0.25) is 0 Å². The summed E-state index contributed by atoms with van der Waals surface area (Å²) >= 11 is 0. The minimum atomic E-state index is 0.0736. The molecule has 2 heteroatoms. The van der Waals surface area contributed by atoms with Gasteiger partial charge < -0.3 is 9.64 Å². The fourth-order valence-electron chi connectivity index (χ4n) is 7.14. The van der Waals surface area contributed by atoms with Crippen LogP contribution in [0.15, 0.2) is 170 Å². The Kier molecular flexibility index (Phi) is 6.31. The standard InChI is InChI=1S/C44H31NO/c1-3-13-37-31(9-1)11-7-16-38(37)33-21-26-36(27-22-33)45(42-17-8-12-32-10-2-4-14-39(32)42)35-24-19-30(20-25-35)34-23-28-41-40-15-5-6-18-43(40)46-44(41)29-34/h1-28,44H,29H2. The van der Waals surface area contributed by atoms with E-state index in [0.717, 1.165) is 29.2 Å². The summed E-state index contributed by atoms with van der Waals surface area (Å²) in [4.78, 5) is 2.38. The molecule has 0 amide bonds. The maximum Gasteiger partial charge on any atom is 0.128 e. The van der Waals surface area contributed by atoms with Crippen molar-refractivity contribution in [2.45, 2.75) is 12.5 Å². The van der Waals surface area contributed by atoms with Gasteiger partial charge in [0.15, 0.2) is 0 Å². The lowest BCUT2D eigenvalue weighted by molar-refractivity contribution is 0.281. The lowest BCUT2D eigenvalue weighted by atomic mass is 9.89. The number of rotatable bonds is 5. The number of anilines is 3. The summed E-state index contributed by atoms with van der Waals surface area (Å²) in [6, 6.07) is 56.7. The van der Waals surface area contributed by atoms with Gasteiger partial charge in [-0.15, -0.1) is 0 Å². The minimum absolute atomic E-state index is 0.0736. The lowest BCUT2D eigenvalue weighted by Crippen LogP contribution is -2.15. The zero-order valence-electron chi connectivity index (χ0n) is 25.3. The third-order valence-corrected chi connectivity index (χ3v) is 9.41. The van der Waals surface area contributed by atoms with Gasteiger partial charge in [0.1, 0.15) is 11.9 Å². The van der Waals surface area contributed by atoms with E-state index >= 15 is 0 Å². The molecule has 1 aliphatic heterocycles. The molecule has 1 atom stereocenters. The lowest BCUT2D eigenvalue weighted by Gasteiger charge is -2.27. The van der Waals surface area contributed by atoms with E-state index in [2.05, 4.69) is 169 Å². The van der Waals surface area contributed by atoms with Gasteiger partial charge in [0.25, 0.3) is 0 Å². The molecule has 0 radical (unpaired) electrons. The average molecular weight is 590 g/mol. The number of hydrogen-bond donors (Lipinski definition) is 0. The van der Waals surface area contributed by atoms with Gasteiger partial charge in [-0.05, 0) is 74.8 Å². The molecule has 46 heavy (non-hydrogen) atoms. The van der Waals surface area contributed by atoms with Gasteiger partial charge in [-0.2, -0.15) is 0 Å². The third kappa shape index (κ3) is 4.50. The topological polar surface area (TPSA) is 12.5 Å². The number of benzene rings is 7. The van der Waals surface area contributed by atoms with Crippen LogP contribution in [-0.2, 0) is 0 Å². The van der Waals surface area contributed by atoms with Crippen molar-refractivity contribution >= 4 is 49.8 Å². The number of para-hydroxylation sites is 1. The van der Waals surface area contributed by atoms with Gasteiger partial charge in [0, 0.05) is 34.3 Å². The van der Waals surface area contributed by atoms with E-state index in [1.54, 1.807) is 0 Å². The van der Waals surface area contributed by atoms with Crippen molar-refractivity contribution in [3.63, 3.8) is 0 Å². The van der Waals surface area contributed by atoms with Gasteiger partial charge in [-0.1, -0.05) is 133 Å². The molecular weight excluding hydrogens is 558 g/mol. The molecule has 0 saturated carbocycles. The SMILES string of the molecule is C1=C(c2ccc(N(c3ccc(-c4cccc5ccccc45)cc3)c3cccc4ccccc34)cc2)CC2Oc3ccccc3C2=C1. The molecule has 0 bridgehead atoms. The van der Waals surface area contributed by atoms with Crippen LogP contribution in [0, 0.1) is 0 Å². The molecule has 0 N–H and O–H groups in total. The van der Waals surface area contributed by atoms with Crippen LogP contribution < -0.4 is 9.64 Å². The first kappa shape index (κ1) is 26.5. The Hall–Kier alpha value is -5.86. The molecule has 0 spiro atoms. The van der Waals surface area contributed by atoms with Crippen LogP contribution in [0.4, 0.5) is 17.1 Å². The number of nitrogens with zero attached hydrogens (tertiary/aromatic N) is 1. The summed E-state index contributed by atoms with van der Waals surface area (Å²) in [7, 11) is 0. The summed E-state index contributed by atoms with van der Waals surface area (Å²) < 4.78 is 6.33. The van der Waals surface area contributed by atoms with E-state index in [9.17, 15) is 0 Å².